The van der Waals surface area contributed by atoms with Crippen LogP contribution in [-0.2, 0) is 4.79 Å². The molecule has 0 aliphatic carbocycles. The Morgan fingerprint density at radius 3 is 3.06 bits per heavy atom. The van der Waals surface area contributed by atoms with Crippen molar-refractivity contribution in [3.05, 3.63) is 5.82 Å². The molecule has 0 unspecified atom stereocenters. The van der Waals surface area contributed by atoms with E-state index < -0.39 is 0 Å². The van der Waals surface area contributed by atoms with Gasteiger partial charge in [-0.2, -0.15) is 4.98 Å². The zero-order chi connectivity index (χ0) is 12.3. The third-order valence-corrected chi connectivity index (χ3v) is 2.95. The molecule has 1 aromatic heterocycles. The average Bonchev–Trinajstić information content (AvgIpc) is 2.73. The summed E-state index contributed by atoms with van der Waals surface area (Å²) < 4.78 is 9.93. The van der Waals surface area contributed by atoms with Crippen LogP contribution < -0.4 is 4.74 Å². The standard InChI is InChI=1S/C11H17N3O3/c1-8-5-3-4-6-14(8)10(15)7-16-11-12-9(2)13-17-11/h8H,3-7H2,1-2H3/t8-/m1/s1. The van der Waals surface area contributed by atoms with Crippen molar-refractivity contribution in [2.45, 2.75) is 39.2 Å². The summed E-state index contributed by atoms with van der Waals surface area (Å²) in [6, 6.07) is 0.296. The number of aromatic nitrogens is 2. The molecule has 1 amide bonds. The Bertz CT molecular complexity index is 391. The van der Waals surface area contributed by atoms with Crippen LogP contribution in [0.1, 0.15) is 32.0 Å². The van der Waals surface area contributed by atoms with Crippen molar-refractivity contribution in [2.75, 3.05) is 13.2 Å². The van der Waals surface area contributed by atoms with Crippen molar-refractivity contribution >= 4 is 5.91 Å². The fraction of sp³-hybridized carbons (Fsp3) is 0.727. The first-order valence-corrected chi connectivity index (χ1v) is 5.89. The Labute approximate surface area is 99.9 Å². The van der Waals surface area contributed by atoms with E-state index in [1.807, 2.05) is 4.90 Å². The van der Waals surface area contributed by atoms with Crippen molar-refractivity contribution in [3.63, 3.8) is 0 Å². The lowest BCUT2D eigenvalue weighted by atomic mass is 10.0. The Morgan fingerprint density at radius 1 is 1.59 bits per heavy atom. The highest BCUT2D eigenvalue weighted by molar-refractivity contribution is 5.78. The maximum absolute atomic E-state index is 11.9. The highest BCUT2D eigenvalue weighted by Gasteiger charge is 2.23. The second kappa shape index (κ2) is 5.16. The van der Waals surface area contributed by atoms with Crippen LogP contribution in [0.15, 0.2) is 4.52 Å². The number of nitrogens with zero attached hydrogens (tertiary/aromatic N) is 3. The van der Waals surface area contributed by atoms with Crippen molar-refractivity contribution in [1.29, 1.82) is 0 Å². The van der Waals surface area contributed by atoms with Gasteiger partial charge in [-0.3, -0.25) is 9.32 Å². The molecular weight excluding hydrogens is 222 g/mol. The van der Waals surface area contributed by atoms with E-state index >= 15 is 0 Å². The third kappa shape index (κ3) is 2.95. The molecule has 2 heterocycles. The molecule has 0 aromatic carbocycles. The third-order valence-electron chi connectivity index (χ3n) is 2.95. The molecule has 0 bridgehead atoms. The second-order valence-corrected chi connectivity index (χ2v) is 4.33. The number of amides is 1. The Kier molecular flexibility index (Phi) is 3.61. The summed E-state index contributed by atoms with van der Waals surface area (Å²) in [6.45, 7) is 4.54. The number of hydrogen-bond acceptors (Lipinski definition) is 5. The van der Waals surface area contributed by atoms with E-state index in [9.17, 15) is 4.79 Å². The molecule has 0 spiro atoms. The Hall–Kier alpha value is -1.59. The molecule has 1 aliphatic heterocycles. The summed E-state index contributed by atoms with van der Waals surface area (Å²) in [5.74, 6) is 0.479. The average molecular weight is 239 g/mol. The van der Waals surface area contributed by atoms with E-state index in [1.165, 1.54) is 6.42 Å². The van der Waals surface area contributed by atoms with Crippen LogP contribution in [-0.4, -0.2) is 40.1 Å². The first kappa shape index (κ1) is 11.9. The van der Waals surface area contributed by atoms with Gasteiger partial charge in [0.1, 0.15) is 0 Å². The minimum Gasteiger partial charge on any atom is -0.439 e. The normalized spacial score (nSPS) is 20.4. The molecule has 1 atom stereocenters. The Morgan fingerprint density at radius 2 is 2.41 bits per heavy atom. The summed E-state index contributed by atoms with van der Waals surface area (Å²) in [5.41, 5.74) is 0. The maximum atomic E-state index is 11.9. The molecule has 6 nitrogen and oxygen atoms in total. The summed E-state index contributed by atoms with van der Waals surface area (Å²) in [4.78, 5) is 17.6. The number of carbonyl (C=O) groups is 1. The smallest absolute Gasteiger partial charge is 0.417 e. The van der Waals surface area contributed by atoms with E-state index in [0.717, 1.165) is 19.4 Å². The number of rotatable bonds is 3. The minimum atomic E-state index is -0.0357. The van der Waals surface area contributed by atoms with Crippen molar-refractivity contribution in [1.82, 2.24) is 15.0 Å². The molecule has 0 N–H and O–H groups in total. The van der Waals surface area contributed by atoms with E-state index in [0.29, 0.717) is 11.9 Å². The second-order valence-electron chi connectivity index (χ2n) is 4.33. The van der Waals surface area contributed by atoms with Gasteiger partial charge in [0.15, 0.2) is 12.4 Å². The first-order chi connectivity index (χ1) is 8.16. The van der Waals surface area contributed by atoms with Gasteiger partial charge in [-0.25, -0.2) is 0 Å². The molecule has 6 heteroatoms. The van der Waals surface area contributed by atoms with Gasteiger partial charge in [0.2, 0.25) is 0 Å². The van der Waals surface area contributed by atoms with Crippen molar-refractivity contribution in [2.24, 2.45) is 0 Å². The van der Waals surface area contributed by atoms with E-state index in [2.05, 4.69) is 17.1 Å². The van der Waals surface area contributed by atoms with E-state index in [1.54, 1.807) is 6.92 Å². The zero-order valence-electron chi connectivity index (χ0n) is 10.2. The van der Waals surface area contributed by atoms with E-state index in [4.69, 9.17) is 9.26 Å². The molecule has 1 aliphatic rings. The van der Waals surface area contributed by atoms with Gasteiger partial charge in [-0.15, -0.1) is 0 Å². The van der Waals surface area contributed by atoms with Gasteiger partial charge in [-0.1, -0.05) is 5.16 Å². The molecule has 1 fully saturated rings. The summed E-state index contributed by atoms with van der Waals surface area (Å²) in [6.07, 6.45) is 3.37. The van der Waals surface area contributed by atoms with Gasteiger partial charge < -0.3 is 9.64 Å². The SMILES string of the molecule is Cc1noc(OCC(=O)N2CCCC[C@H]2C)n1. The Balaban J connectivity index is 1.84. The topological polar surface area (TPSA) is 68.5 Å². The van der Waals surface area contributed by atoms with Crippen LogP contribution in [0.3, 0.4) is 0 Å². The number of carbonyl (C=O) groups excluding carboxylic acids is 1. The molecule has 0 radical (unpaired) electrons. The fourth-order valence-corrected chi connectivity index (χ4v) is 2.01. The lowest BCUT2D eigenvalue weighted by molar-refractivity contribution is -0.137. The van der Waals surface area contributed by atoms with Gasteiger partial charge in [0.05, 0.1) is 0 Å². The number of aryl methyl sites for hydroxylation is 1. The van der Waals surface area contributed by atoms with Crippen LogP contribution in [0.4, 0.5) is 0 Å². The zero-order valence-corrected chi connectivity index (χ0v) is 10.2. The minimum absolute atomic E-state index is 0.0203. The quantitative estimate of drug-likeness (QED) is 0.791. The fourth-order valence-electron chi connectivity index (χ4n) is 2.01. The van der Waals surface area contributed by atoms with Crippen LogP contribution in [0.5, 0.6) is 6.08 Å². The van der Waals surface area contributed by atoms with Crippen LogP contribution in [0.2, 0.25) is 0 Å². The predicted molar refractivity (Wildman–Crippen MR) is 59.6 cm³/mol. The molecular formula is C11H17N3O3. The highest BCUT2D eigenvalue weighted by Crippen LogP contribution is 2.16. The first-order valence-electron chi connectivity index (χ1n) is 5.89. The number of likely N-dealkylation sites (tertiary alicyclic amines) is 1. The van der Waals surface area contributed by atoms with Crippen LogP contribution >= 0.6 is 0 Å². The molecule has 94 valence electrons. The maximum Gasteiger partial charge on any atom is 0.417 e. The molecule has 1 saturated heterocycles. The molecule has 0 saturated carbocycles. The lowest BCUT2D eigenvalue weighted by Gasteiger charge is -2.33. The summed E-state index contributed by atoms with van der Waals surface area (Å²) in [7, 11) is 0. The van der Waals surface area contributed by atoms with Gasteiger partial charge in [-0.05, 0) is 33.1 Å². The van der Waals surface area contributed by atoms with Crippen molar-refractivity contribution < 1.29 is 14.1 Å². The number of hydrogen-bond donors (Lipinski definition) is 0. The largest absolute Gasteiger partial charge is 0.439 e. The van der Waals surface area contributed by atoms with Crippen molar-refractivity contribution in [3.8, 4) is 6.08 Å². The number of piperidine rings is 1. The summed E-state index contributed by atoms with van der Waals surface area (Å²) >= 11 is 0. The highest BCUT2D eigenvalue weighted by atomic mass is 16.6. The van der Waals surface area contributed by atoms with Gasteiger partial charge >= 0.3 is 6.08 Å². The van der Waals surface area contributed by atoms with Gasteiger partial charge in [0, 0.05) is 12.6 Å². The summed E-state index contributed by atoms with van der Waals surface area (Å²) in [5, 5.41) is 3.59. The lowest BCUT2D eigenvalue weighted by Crippen LogP contribution is -2.44. The van der Waals surface area contributed by atoms with Crippen LogP contribution in [0.25, 0.3) is 0 Å². The monoisotopic (exact) mass is 239 g/mol. The molecule has 2 rings (SSSR count). The van der Waals surface area contributed by atoms with Gasteiger partial charge in [0.25, 0.3) is 5.91 Å². The van der Waals surface area contributed by atoms with E-state index in [-0.39, 0.29) is 18.6 Å². The number of ether oxygens (including phenoxy) is 1. The predicted octanol–water partition coefficient (Wildman–Crippen LogP) is 1.16. The molecule has 17 heavy (non-hydrogen) atoms. The van der Waals surface area contributed by atoms with Crippen LogP contribution in [0, 0.1) is 6.92 Å². The molecule has 1 aromatic rings.